The van der Waals surface area contributed by atoms with E-state index >= 15 is 0 Å². The first-order chi connectivity index (χ1) is 12.4. The number of carboxylic acid groups (broad SMARTS) is 1. The van der Waals surface area contributed by atoms with Crippen molar-refractivity contribution < 1.29 is 27.9 Å². The van der Waals surface area contributed by atoms with Crippen LogP contribution in [0.4, 0.5) is 0 Å². The van der Waals surface area contributed by atoms with Crippen molar-refractivity contribution in [3.05, 3.63) is 24.5 Å². The molecule has 0 saturated carbocycles. The average molecular weight is 385 g/mol. The molecule has 0 atom stereocenters. The molecule has 26 heavy (non-hydrogen) atoms. The van der Waals surface area contributed by atoms with E-state index in [1.807, 2.05) is 0 Å². The summed E-state index contributed by atoms with van der Waals surface area (Å²) in [4.78, 5) is 28.8. The fourth-order valence-electron chi connectivity index (χ4n) is 2.88. The highest BCUT2D eigenvalue weighted by Crippen LogP contribution is 2.24. The van der Waals surface area contributed by atoms with E-state index in [9.17, 15) is 18.0 Å². The third kappa shape index (κ3) is 4.99. The first kappa shape index (κ1) is 20.3. The van der Waals surface area contributed by atoms with E-state index in [-0.39, 0.29) is 37.0 Å². The SMILES string of the molecule is COCCN(CC(=O)O)C(=O)C1CCN(S(=O)(=O)c2cccnc2)CC1. The highest BCUT2D eigenvalue weighted by Gasteiger charge is 2.34. The van der Waals surface area contributed by atoms with Crippen molar-refractivity contribution in [1.29, 1.82) is 0 Å². The summed E-state index contributed by atoms with van der Waals surface area (Å²) in [5.41, 5.74) is 0. The van der Waals surface area contributed by atoms with Crippen molar-refractivity contribution in [3.8, 4) is 0 Å². The Labute approximate surface area is 152 Å². The lowest BCUT2D eigenvalue weighted by molar-refractivity contribution is -0.147. The first-order valence-corrected chi connectivity index (χ1v) is 9.70. The van der Waals surface area contributed by atoms with E-state index in [0.29, 0.717) is 12.8 Å². The van der Waals surface area contributed by atoms with Crippen LogP contribution in [0.2, 0.25) is 0 Å². The number of hydrogen-bond donors (Lipinski definition) is 1. The zero-order chi connectivity index (χ0) is 19.2. The van der Waals surface area contributed by atoms with Gasteiger partial charge in [-0.2, -0.15) is 4.31 Å². The molecule has 1 saturated heterocycles. The lowest BCUT2D eigenvalue weighted by Gasteiger charge is -2.33. The molecule has 0 spiro atoms. The molecule has 144 valence electrons. The topological polar surface area (TPSA) is 117 Å². The van der Waals surface area contributed by atoms with Crippen LogP contribution in [0.3, 0.4) is 0 Å². The number of carbonyl (C=O) groups excluding carboxylic acids is 1. The van der Waals surface area contributed by atoms with Crippen molar-refractivity contribution in [1.82, 2.24) is 14.2 Å². The van der Waals surface area contributed by atoms with Gasteiger partial charge in [-0.1, -0.05) is 0 Å². The van der Waals surface area contributed by atoms with Crippen LogP contribution in [0.5, 0.6) is 0 Å². The number of aliphatic carboxylic acids is 1. The monoisotopic (exact) mass is 385 g/mol. The Hall–Kier alpha value is -2.04. The van der Waals surface area contributed by atoms with Crippen molar-refractivity contribution >= 4 is 21.9 Å². The number of carbonyl (C=O) groups is 2. The predicted octanol–water partition coefficient (Wildman–Crippen LogP) is 0.0419. The number of methoxy groups -OCH3 is 1. The van der Waals surface area contributed by atoms with Gasteiger partial charge in [0, 0.05) is 45.1 Å². The average Bonchev–Trinajstić information content (AvgIpc) is 2.65. The van der Waals surface area contributed by atoms with Crippen LogP contribution in [0.1, 0.15) is 12.8 Å². The molecule has 9 nitrogen and oxygen atoms in total. The van der Waals surface area contributed by atoms with Gasteiger partial charge in [0.05, 0.1) is 6.61 Å². The summed E-state index contributed by atoms with van der Waals surface area (Å²) in [5, 5.41) is 8.98. The number of sulfonamides is 1. The van der Waals surface area contributed by atoms with Gasteiger partial charge in [0.1, 0.15) is 11.4 Å². The normalized spacial score (nSPS) is 16.3. The third-order valence-electron chi connectivity index (χ3n) is 4.28. The largest absolute Gasteiger partial charge is 0.480 e. The molecule has 1 N–H and O–H groups in total. The number of piperidine rings is 1. The molecule has 2 rings (SSSR count). The smallest absolute Gasteiger partial charge is 0.323 e. The Bertz CT molecular complexity index is 717. The number of ether oxygens (including phenoxy) is 1. The molecule has 0 radical (unpaired) electrons. The second kappa shape index (κ2) is 9.06. The minimum Gasteiger partial charge on any atom is -0.480 e. The van der Waals surface area contributed by atoms with Crippen LogP contribution in [0, 0.1) is 5.92 Å². The minimum atomic E-state index is -3.63. The molecule has 1 aromatic heterocycles. The van der Waals surface area contributed by atoms with Crippen molar-refractivity contribution in [2.45, 2.75) is 17.7 Å². The summed E-state index contributed by atoms with van der Waals surface area (Å²) in [5.74, 6) is -1.76. The van der Waals surface area contributed by atoms with Crippen LogP contribution in [0.25, 0.3) is 0 Å². The van der Waals surface area contributed by atoms with E-state index < -0.39 is 28.5 Å². The Balaban J connectivity index is 2.00. The van der Waals surface area contributed by atoms with E-state index in [0.717, 1.165) is 0 Å². The van der Waals surface area contributed by atoms with Gasteiger partial charge in [0.25, 0.3) is 0 Å². The van der Waals surface area contributed by atoms with Gasteiger partial charge in [-0.15, -0.1) is 0 Å². The van der Waals surface area contributed by atoms with Gasteiger partial charge in [0.2, 0.25) is 15.9 Å². The van der Waals surface area contributed by atoms with Gasteiger partial charge in [-0.05, 0) is 25.0 Å². The molecule has 0 unspecified atom stereocenters. The number of rotatable bonds is 8. The van der Waals surface area contributed by atoms with Crippen LogP contribution in [-0.4, -0.2) is 79.5 Å². The Morgan fingerprint density at radius 3 is 2.62 bits per heavy atom. The second-order valence-corrected chi connectivity index (χ2v) is 7.95. The van der Waals surface area contributed by atoms with Gasteiger partial charge in [-0.25, -0.2) is 8.42 Å². The van der Waals surface area contributed by atoms with Crippen LogP contribution < -0.4 is 0 Å². The number of aromatic nitrogens is 1. The van der Waals surface area contributed by atoms with Gasteiger partial charge >= 0.3 is 5.97 Å². The molecule has 0 bridgehead atoms. The third-order valence-corrected chi connectivity index (χ3v) is 6.16. The van der Waals surface area contributed by atoms with E-state index in [4.69, 9.17) is 9.84 Å². The molecule has 2 heterocycles. The molecule has 0 aliphatic carbocycles. The van der Waals surface area contributed by atoms with Gasteiger partial charge < -0.3 is 14.7 Å². The molecular formula is C16H23N3O6S. The molecule has 1 aliphatic heterocycles. The molecular weight excluding hydrogens is 362 g/mol. The lowest BCUT2D eigenvalue weighted by atomic mass is 9.96. The molecule has 10 heteroatoms. The summed E-state index contributed by atoms with van der Waals surface area (Å²) in [7, 11) is -2.16. The van der Waals surface area contributed by atoms with Crippen LogP contribution in [0.15, 0.2) is 29.4 Å². The maximum atomic E-state index is 12.6. The highest BCUT2D eigenvalue weighted by atomic mass is 32.2. The fraction of sp³-hybridized carbons (Fsp3) is 0.562. The fourth-order valence-corrected chi connectivity index (χ4v) is 4.32. The zero-order valence-electron chi connectivity index (χ0n) is 14.6. The number of carboxylic acids is 1. The Kier molecular flexibility index (Phi) is 7.06. The summed E-state index contributed by atoms with van der Waals surface area (Å²) in [6, 6.07) is 3.04. The Morgan fingerprint density at radius 2 is 2.08 bits per heavy atom. The van der Waals surface area contributed by atoms with Crippen molar-refractivity contribution in [2.24, 2.45) is 5.92 Å². The van der Waals surface area contributed by atoms with Crippen LogP contribution >= 0.6 is 0 Å². The Morgan fingerprint density at radius 1 is 1.38 bits per heavy atom. The first-order valence-electron chi connectivity index (χ1n) is 8.26. The minimum absolute atomic E-state index is 0.123. The standard InChI is InChI=1S/C16H23N3O6S/c1-25-10-9-18(12-15(20)21)16(22)13-4-7-19(8-5-13)26(23,24)14-3-2-6-17-11-14/h2-3,6,11,13H,4-5,7-10,12H2,1H3,(H,20,21). The van der Waals surface area contributed by atoms with Gasteiger partial charge in [0.15, 0.2) is 0 Å². The van der Waals surface area contributed by atoms with E-state index in [1.54, 1.807) is 6.07 Å². The second-order valence-electron chi connectivity index (χ2n) is 6.01. The predicted molar refractivity (Wildman–Crippen MR) is 91.8 cm³/mol. The summed E-state index contributed by atoms with van der Waals surface area (Å²) < 4.78 is 31.4. The zero-order valence-corrected chi connectivity index (χ0v) is 15.4. The molecule has 1 aromatic rings. The van der Waals surface area contributed by atoms with Crippen LogP contribution in [-0.2, 0) is 24.3 Å². The lowest BCUT2D eigenvalue weighted by Crippen LogP contribution is -2.46. The van der Waals surface area contributed by atoms with Crippen molar-refractivity contribution in [3.63, 3.8) is 0 Å². The maximum absolute atomic E-state index is 12.6. The van der Waals surface area contributed by atoms with Crippen molar-refractivity contribution in [2.75, 3.05) is 39.9 Å². The molecule has 1 fully saturated rings. The summed E-state index contributed by atoms with van der Waals surface area (Å²) in [6.45, 7) is 0.455. The van der Waals surface area contributed by atoms with Gasteiger partial charge in [-0.3, -0.25) is 14.6 Å². The summed E-state index contributed by atoms with van der Waals surface area (Å²) in [6.07, 6.45) is 3.50. The summed E-state index contributed by atoms with van der Waals surface area (Å²) >= 11 is 0. The molecule has 0 aromatic carbocycles. The van der Waals surface area contributed by atoms with E-state index in [1.165, 1.54) is 34.8 Å². The number of hydrogen-bond acceptors (Lipinski definition) is 6. The van der Waals surface area contributed by atoms with E-state index in [2.05, 4.69) is 4.98 Å². The quantitative estimate of drug-likeness (QED) is 0.671. The maximum Gasteiger partial charge on any atom is 0.323 e. The molecule has 1 aliphatic rings. The number of nitrogens with zero attached hydrogens (tertiary/aromatic N) is 3. The number of pyridine rings is 1. The number of amides is 1. The highest BCUT2D eigenvalue weighted by molar-refractivity contribution is 7.89. The molecule has 1 amide bonds.